The first kappa shape index (κ1) is 10.8. The number of aryl methyl sites for hydroxylation is 2. The van der Waals surface area contributed by atoms with Gasteiger partial charge >= 0.3 is 5.97 Å². The van der Waals surface area contributed by atoms with Crippen LogP contribution in [-0.4, -0.2) is 20.9 Å². The van der Waals surface area contributed by atoms with E-state index in [4.69, 9.17) is 5.11 Å². The maximum Gasteiger partial charge on any atom is 0.309 e. The Kier molecular flexibility index (Phi) is 3.68. The zero-order chi connectivity index (χ0) is 10.6. The molecule has 0 aromatic carbocycles. The third-order valence-corrected chi connectivity index (χ3v) is 2.05. The standard InChI is InChI=1S/C10H16N2O2/c1-3-5-9-6-8(7-10(13)14)11-12(9)4-2/h6H,3-5,7H2,1-2H3,(H,13,14). The van der Waals surface area contributed by atoms with Gasteiger partial charge in [-0.3, -0.25) is 9.48 Å². The number of carboxylic acids is 1. The van der Waals surface area contributed by atoms with Crippen molar-refractivity contribution in [2.24, 2.45) is 0 Å². The topological polar surface area (TPSA) is 55.1 Å². The second-order valence-corrected chi connectivity index (χ2v) is 3.26. The minimum Gasteiger partial charge on any atom is -0.481 e. The maximum absolute atomic E-state index is 10.5. The third-order valence-electron chi connectivity index (χ3n) is 2.05. The lowest BCUT2D eigenvalue weighted by Gasteiger charge is -2.00. The van der Waals surface area contributed by atoms with Crippen molar-refractivity contribution in [1.82, 2.24) is 9.78 Å². The van der Waals surface area contributed by atoms with Crippen LogP contribution in [-0.2, 0) is 24.2 Å². The minimum atomic E-state index is -0.825. The average molecular weight is 196 g/mol. The van der Waals surface area contributed by atoms with Gasteiger partial charge in [-0.25, -0.2) is 0 Å². The molecule has 0 aliphatic carbocycles. The summed E-state index contributed by atoms with van der Waals surface area (Å²) in [6.07, 6.45) is 2.03. The smallest absolute Gasteiger partial charge is 0.309 e. The van der Waals surface area contributed by atoms with E-state index in [9.17, 15) is 4.79 Å². The molecule has 0 aliphatic heterocycles. The molecule has 0 unspecified atom stereocenters. The van der Waals surface area contributed by atoms with Crippen LogP contribution in [0.5, 0.6) is 0 Å². The maximum atomic E-state index is 10.5. The molecule has 4 nitrogen and oxygen atoms in total. The van der Waals surface area contributed by atoms with Gasteiger partial charge in [0.05, 0.1) is 12.1 Å². The summed E-state index contributed by atoms with van der Waals surface area (Å²) < 4.78 is 1.88. The normalized spacial score (nSPS) is 10.4. The van der Waals surface area contributed by atoms with Crippen LogP contribution < -0.4 is 0 Å². The Morgan fingerprint density at radius 3 is 2.79 bits per heavy atom. The number of rotatable bonds is 5. The number of nitrogens with zero attached hydrogens (tertiary/aromatic N) is 2. The molecule has 0 saturated heterocycles. The van der Waals surface area contributed by atoms with Gasteiger partial charge in [0.15, 0.2) is 0 Å². The van der Waals surface area contributed by atoms with Gasteiger partial charge in [0.25, 0.3) is 0 Å². The van der Waals surface area contributed by atoms with Crippen LogP contribution in [0.15, 0.2) is 6.07 Å². The Morgan fingerprint density at radius 1 is 1.57 bits per heavy atom. The summed E-state index contributed by atoms with van der Waals surface area (Å²) >= 11 is 0. The molecule has 0 fully saturated rings. The summed E-state index contributed by atoms with van der Waals surface area (Å²) in [5.41, 5.74) is 1.79. The molecule has 1 aromatic rings. The lowest BCUT2D eigenvalue weighted by molar-refractivity contribution is -0.136. The largest absolute Gasteiger partial charge is 0.481 e. The van der Waals surface area contributed by atoms with Crippen LogP contribution in [0.1, 0.15) is 31.7 Å². The van der Waals surface area contributed by atoms with E-state index in [2.05, 4.69) is 12.0 Å². The molecule has 1 aromatic heterocycles. The molecule has 0 spiro atoms. The average Bonchev–Trinajstić information content (AvgIpc) is 2.47. The van der Waals surface area contributed by atoms with Crippen molar-refractivity contribution in [3.8, 4) is 0 Å². The first-order valence-corrected chi connectivity index (χ1v) is 4.94. The van der Waals surface area contributed by atoms with Crippen molar-refractivity contribution in [1.29, 1.82) is 0 Å². The van der Waals surface area contributed by atoms with Gasteiger partial charge in [-0.1, -0.05) is 13.3 Å². The van der Waals surface area contributed by atoms with Crippen molar-refractivity contribution in [2.45, 2.75) is 39.7 Å². The SMILES string of the molecule is CCCc1cc(CC(=O)O)nn1CC. The van der Waals surface area contributed by atoms with Gasteiger partial charge in [-0.2, -0.15) is 5.10 Å². The van der Waals surface area contributed by atoms with Crippen molar-refractivity contribution in [2.75, 3.05) is 0 Å². The number of hydrogen-bond donors (Lipinski definition) is 1. The number of aliphatic carboxylic acids is 1. The fourth-order valence-corrected chi connectivity index (χ4v) is 1.49. The fourth-order valence-electron chi connectivity index (χ4n) is 1.49. The van der Waals surface area contributed by atoms with Crippen molar-refractivity contribution in [3.05, 3.63) is 17.5 Å². The highest BCUT2D eigenvalue weighted by molar-refractivity contribution is 5.69. The van der Waals surface area contributed by atoms with Crippen LogP contribution in [0, 0.1) is 0 Å². The Balaban J connectivity index is 2.82. The third kappa shape index (κ3) is 2.58. The van der Waals surface area contributed by atoms with Gasteiger partial charge in [0, 0.05) is 12.2 Å². The van der Waals surface area contributed by atoms with E-state index in [0.717, 1.165) is 25.1 Å². The van der Waals surface area contributed by atoms with E-state index in [1.54, 1.807) is 0 Å². The molecular weight excluding hydrogens is 180 g/mol. The molecule has 1 heterocycles. The Bertz CT molecular complexity index is 318. The molecule has 78 valence electrons. The van der Waals surface area contributed by atoms with E-state index in [0.29, 0.717) is 5.69 Å². The molecule has 0 bridgehead atoms. The van der Waals surface area contributed by atoms with Gasteiger partial charge in [0.2, 0.25) is 0 Å². The second kappa shape index (κ2) is 4.79. The molecule has 1 N–H and O–H groups in total. The molecule has 0 radical (unpaired) electrons. The quantitative estimate of drug-likeness (QED) is 0.776. The Hall–Kier alpha value is -1.32. The van der Waals surface area contributed by atoms with E-state index in [1.165, 1.54) is 0 Å². The fraction of sp³-hybridized carbons (Fsp3) is 0.600. The molecule has 0 saturated carbocycles. The number of hydrogen-bond acceptors (Lipinski definition) is 2. The predicted molar refractivity (Wildman–Crippen MR) is 53.2 cm³/mol. The van der Waals surface area contributed by atoms with Crippen molar-refractivity contribution in [3.63, 3.8) is 0 Å². The first-order valence-electron chi connectivity index (χ1n) is 4.94. The summed E-state index contributed by atoms with van der Waals surface area (Å²) in [6, 6.07) is 1.89. The minimum absolute atomic E-state index is 0.0176. The van der Waals surface area contributed by atoms with Gasteiger partial charge in [0.1, 0.15) is 0 Å². The monoisotopic (exact) mass is 196 g/mol. The molecular formula is C10H16N2O2. The van der Waals surface area contributed by atoms with Crippen LogP contribution >= 0.6 is 0 Å². The van der Waals surface area contributed by atoms with Crippen LogP contribution in [0.2, 0.25) is 0 Å². The summed E-state index contributed by atoms with van der Waals surface area (Å²) in [6.45, 7) is 4.91. The molecule has 0 aliphatic rings. The van der Waals surface area contributed by atoms with Crippen LogP contribution in [0.4, 0.5) is 0 Å². The van der Waals surface area contributed by atoms with E-state index < -0.39 is 5.97 Å². The highest BCUT2D eigenvalue weighted by Gasteiger charge is 2.08. The van der Waals surface area contributed by atoms with Gasteiger partial charge in [-0.15, -0.1) is 0 Å². The van der Waals surface area contributed by atoms with Crippen LogP contribution in [0.3, 0.4) is 0 Å². The molecule has 4 heteroatoms. The summed E-state index contributed by atoms with van der Waals surface area (Å²) in [4.78, 5) is 10.5. The van der Waals surface area contributed by atoms with Crippen molar-refractivity contribution >= 4 is 5.97 Å². The van der Waals surface area contributed by atoms with E-state index in [1.807, 2.05) is 17.7 Å². The predicted octanol–water partition coefficient (Wildman–Crippen LogP) is 1.48. The molecule has 14 heavy (non-hydrogen) atoms. The highest BCUT2D eigenvalue weighted by atomic mass is 16.4. The molecule has 1 rings (SSSR count). The number of carboxylic acid groups (broad SMARTS) is 1. The summed E-state index contributed by atoms with van der Waals surface area (Å²) in [7, 11) is 0. The second-order valence-electron chi connectivity index (χ2n) is 3.26. The van der Waals surface area contributed by atoms with Crippen molar-refractivity contribution < 1.29 is 9.90 Å². The van der Waals surface area contributed by atoms with E-state index >= 15 is 0 Å². The highest BCUT2D eigenvalue weighted by Crippen LogP contribution is 2.07. The lowest BCUT2D eigenvalue weighted by atomic mass is 10.2. The zero-order valence-electron chi connectivity index (χ0n) is 8.66. The van der Waals surface area contributed by atoms with Gasteiger partial charge < -0.3 is 5.11 Å². The van der Waals surface area contributed by atoms with Gasteiger partial charge in [-0.05, 0) is 19.4 Å². The Labute approximate surface area is 83.5 Å². The summed E-state index contributed by atoms with van der Waals surface area (Å²) in [5.74, 6) is -0.825. The first-order chi connectivity index (χ1) is 6.67. The zero-order valence-corrected chi connectivity index (χ0v) is 8.66. The molecule has 0 atom stereocenters. The summed E-state index contributed by atoms with van der Waals surface area (Å²) in [5, 5.41) is 12.8. The van der Waals surface area contributed by atoms with E-state index in [-0.39, 0.29) is 6.42 Å². The molecule has 0 amide bonds. The van der Waals surface area contributed by atoms with Crippen LogP contribution in [0.25, 0.3) is 0 Å². The number of carbonyl (C=O) groups is 1. The lowest BCUT2D eigenvalue weighted by Crippen LogP contribution is -2.04. The number of aromatic nitrogens is 2. The Morgan fingerprint density at radius 2 is 2.29 bits per heavy atom.